The summed E-state index contributed by atoms with van der Waals surface area (Å²) in [4.78, 5) is 24.8. The van der Waals surface area contributed by atoms with E-state index >= 15 is 0 Å². The molecule has 1 saturated heterocycles. The van der Waals surface area contributed by atoms with Crippen LogP contribution < -0.4 is 11.1 Å². The largest absolute Gasteiger partial charge is 0.370 e. The average molecular weight is 304 g/mol. The highest BCUT2D eigenvalue weighted by Gasteiger charge is 2.25. The Balaban J connectivity index is 2.03. The van der Waals surface area contributed by atoms with Crippen LogP contribution in [0.3, 0.4) is 0 Å². The monoisotopic (exact) mass is 304 g/mol. The molecule has 0 unspecified atom stereocenters. The van der Waals surface area contributed by atoms with E-state index in [4.69, 9.17) is 11.0 Å². The first kappa shape index (κ1) is 15.8. The predicted octanol–water partition coefficient (Wildman–Crippen LogP) is 1.82. The molecule has 3 N–H and O–H groups in total. The number of nitriles is 1. The van der Waals surface area contributed by atoms with Gasteiger partial charge in [-0.05, 0) is 37.0 Å². The van der Waals surface area contributed by atoms with Gasteiger partial charge in [-0.2, -0.15) is 5.26 Å². The van der Waals surface area contributed by atoms with Crippen LogP contribution in [0.1, 0.15) is 24.8 Å². The van der Waals surface area contributed by atoms with Crippen LogP contribution in [-0.4, -0.2) is 29.9 Å². The normalized spacial score (nSPS) is 17.6. The Morgan fingerprint density at radius 2 is 2.27 bits per heavy atom. The molecule has 7 heteroatoms. The van der Waals surface area contributed by atoms with E-state index in [1.165, 1.54) is 12.1 Å². The molecule has 3 amide bonds. The number of carbonyl (C=O) groups excluding carboxylic acids is 2. The number of amides is 3. The van der Waals surface area contributed by atoms with Crippen LogP contribution >= 0.6 is 0 Å². The van der Waals surface area contributed by atoms with Gasteiger partial charge in [0.2, 0.25) is 5.91 Å². The van der Waals surface area contributed by atoms with E-state index in [0.717, 1.165) is 18.9 Å². The average Bonchev–Trinajstić information content (AvgIpc) is 2.48. The van der Waals surface area contributed by atoms with Crippen molar-refractivity contribution in [1.29, 1.82) is 5.26 Å². The van der Waals surface area contributed by atoms with Crippen molar-refractivity contribution < 1.29 is 14.0 Å². The number of hydrogen-bond acceptors (Lipinski definition) is 3. The third-order valence-electron chi connectivity index (χ3n) is 3.64. The van der Waals surface area contributed by atoms with Gasteiger partial charge >= 0.3 is 6.03 Å². The molecule has 1 aliphatic heterocycles. The number of carbonyl (C=O) groups is 2. The summed E-state index contributed by atoms with van der Waals surface area (Å²) >= 11 is 0. The number of halogens is 1. The van der Waals surface area contributed by atoms with E-state index in [1.807, 2.05) is 6.07 Å². The highest BCUT2D eigenvalue weighted by molar-refractivity contribution is 5.91. The molecule has 1 atom stereocenters. The first-order chi connectivity index (χ1) is 10.5. The van der Waals surface area contributed by atoms with Gasteiger partial charge in [0.05, 0.1) is 11.3 Å². The fourth-order valence-corrected chi connectivity index (χ4v) is 2.61. The van der Waals surface area contributed by atoms with E-state index in [0.29, 0.717) is 13.1 Å². The maximum absolute atomic E-state index is 13.1. The fourth-order valence-electron chi connectivity index (χ4n) is 2.61. The van der Waals surface area contributed by atoms with Crippen molar-refractivity contribution in [2.45, 2.75) is 19.3 Å². The molecule has 0 saturated carbocycles. The zero-order chi connectivity index (χ0) is 16.1. The van der Waals surface area contributed by atoms with E-state index < -0.39 is 5.82 Å². The second-order valence-electron chi connectivity index (χ2n) is 5.36. The number of urea groups is 1. The third-order valence-corrected chi connectivity index (χ3v) is 3.64. The van der Waals surface area contributed by atoms with E-state index in [-0.39, 0.29) is 35.5 Å². The fraction of sp³-hybridized carbons (Fsp3) is 0.400. The molecule has 1 aliphatic rings. The molecule has 22 heavy (non-hydrogen) atoms. The Labute approximate surface area is 127 Å². The number of anilines is 1. The Morgan fingerprint density at radius 3 is 2.95 bits per heavy atom. The van der Waals surface area contributed by atoms with Crippen LogP contribution in [0.15, 0.2) is 18.2 Å². The minimum Gasteiger partial charge on any atom is -0.370 e. The van der Waals surface area contributed by atoms with Gasteiger partial charge in [0.15, 0.2) is 0 Å². The standard InChI is InChI=1S/C15H17FN4O2/c16-12-3-4-13(11(7-12)8-17)19-15(22)20-5-1-2-10(9-20)6-14(18)21/h3-4,7,10H,1-2,5-6,9H2,(H2,18,21)(H,19,22)/t10-/m0/s1. The molecule has 0 radical (unpaired) electrons. The lowest BCUT2D eigenvalue weighted by Crippen LogP contribution is -2.43. The number of primary amides is 1. The van der Waals surface area contributed by atoms with Gasteiger partial charge in [-0.25, -0.2) is 9.18 Å². The van der Waals surface area contributed by atoms with Crippen LogP contribution in [0, 0.1) is 23.1 Å². The SMILES string of the molecule is N#Cc1cc(F)ccc1NC(=O)N1CCC[C@@H](CC(N)=O)C1. The number of nitrogens with two attached hydrogens (primary N) is 1. The second kappa shape index (κ2) is 6.89. The lowest BCUT2D eigenvalue weighted by Gasteiger charge is -2.32. The quantitative estimate of drug-likeness (QED) is 0.890. The molecule has 116 valence electrons. The molecule has 0 aliphatic carbocycles. The molecule has 2 rings (SSSR count). The van der Waals surface area contributed by atoms with Gasteiger partial charge in [-0.15, -0.1) is 0 Å². The topological polar surface area (TPSA) is 99.2 Å². The summed E-state index contributed by atoms with van der Waals surface area (Å²) in [5.74, 6) is -0.854. The molecule has 1 aromatic rings. The van der Waals surface area contributed by atoms with Crippen molar-refractivity contribution in [3.05, 3.63) is 29.6 Å². The van der Waals surface area contributed by atoms with E-state index in [1.54, 1.807) is 4.90 Å². The molecule has 6 nitrogen and oxygen atoms in total. The number of likely N-dealkylation sites (tertiary alicyclic amines) is 1. The van der Waals surface area contributed by atoms with Crippen molar-refractivity contribution in [2.75, 3.05) is 18.4 Å². The predicted molar refractivity (Wildman–Crippen MR) is 78.2 cm³/mol. The third kappa shape index (κ3) is 3.95. The highest BCUT2D eigenvalue weighted by Crippen LogP contribution is 2.21. The lowest BCUT2D eigenvalue weighted by molar-refractivity contribution is -0.119. The van der Waals surface area contributed by atoms with Crippen molar-refractivity contribution >= 4 is 17.6 Å². The molecule has 0 spiro atoms. The summed E-state index contributed by atoms with van der Waals surface area (Å²) in [5.41, 5.74) is 5.53. The summed E-state index contributed by atoms with van der Waals surface area (Å²) in [6, 6.07) is 5.09. The number of nitrogens with zero attached hydrogens (tertiary/aromatic N) is 2. The van der Waals surface area contributed by atoms with E-state index in [2.05, 4.69) is 5.32 Å². The summed E-state index contributed by atoms with van der Waals surface area (Å²) in [6.45, 7) is 1.02. The van der Waals surface area contributed by atoms with Gasteiger partial charge in [-0.3, -0.25) is 4.79 Å². The van der Waals surface area contributed by atoms with Gasteiger partial charge in [0, 0.05) is 19.5 Å². The first-order valence-electron chi connectivity index (χ1n) is 7.03. The molecule has 0 aromatic heterocycles. The number of benzene rings is 1. The van der Waals surface area contributed by atoms with Crippen molar-refractivity contribution in [3.8, 4) is 6.07 Å². The Kier molecular flexibility index (Phi) is 4.94. The van der Waals surface area contributed by atoms with Crippen molar-refractivity contribution in [2.24, 2.45) is 11.7 Å². The minimum absolute atomic E-state index is 0.0562. The van der Waals surface area contributed by atoms with Crippen LogP contribution in [0.2, 0.25) is 0 Å². The number of piperidine rings is 1. The van der Waals surface area contributed by atoms with Crippen molar-refractivity contribution in [1.82, 2.24) is 4.90 Å². The molecule has 0 bridgehead atoms. The molecular weight excluding hydrogens is 287 g/mol. The molecular formula is C15H17FN4O2. The van der Waals surface area contributed by atoms with Crippen LogP contribution in [0.4, 0.5) is 14.9 Å². The zero-order valence-corrected chi connectivity index (χ0v) is 12.0. The molecule has 1 heterocycles. The summed E-state index contributed by atoms with van der Waals surface area (Å²) in [5, 5.41) is 11.6. The van der Waals surface area contributed by atoms with Crippen molar-refractivity contribution in [3.63, 3.8) is 0 Å². The number of hydrogen-bond donors (Lipinski definition) is 2. The first-order valence-corrected chi connectivity index (χ1v) is 7.03. The highest BCUT2D eigenvalue weighted by atomic mass is 19.1. The lowest BCUT2D eigenvalue weighted by atomic mass is 9.95. The maximum Gasteiger partial charge on any atom is 0.321 e. The van der Waals surface area contributed by atoms with E-state index in [9.17, 15) is 14.0 Å². The summed E-state index contributed by atoms with van der Waals surface area (Å²) in [6.07, 6.45) is 1.90. The zero-order valence-electron chi connectivity index (χ0n) is 12.0. The summed E-state index contributed by atoms with van der Waals surface area (Å²) in [7, 11) is 0. The van der Waals surface area contributed by atoms with Gasteiger partial charge in [-0.1, -0.05) is 0 Å². The van der Waals surface area contributed by atoms with Gasteiger partial charge < -0.3 is 16.0 Å². The second-order valence-corrected chi connectivity index (χ2v) is 5.36. The maximum atomic E-state index is 13.1. The number of rotatable bonds is 3. The number of nitrogens with one attached hydrogen (secondary N) is 1. The Morgan fingerprint density at radius 1 is 1.50 bits per heavy atom. The molecule has 1 aromatic carbocycles. The molecule has 1 fully saturated rings. The van der Waals surface area contributed by atoms with Gasteiger partial charge in [0.25, 0.3) is 0 Å². The Bertz CT molecular complexity index is 626. The van der Waals surface area contributed by atoms with Crippen LogP contribution in [0.5, 0.6) is 0 Å². The Hall–Kier alpha value is -2.62. The minimum atomic E-state index is -0.533. The van der Waals surface area contributed by atoms with Crippen LogP contribution in [0.25, 0.3) is 0 Å². The van der Waals surface area contributed by atoms with Crippen LogP contribution in [-0.2, 0) is 4.79 Å². The van der Waals surface area contributed by atoms with Gasteiger partial charge in [0.1, 0.15) is 11.9 Å². The summed E-state index contributed by atoms with van der Waals surface area (Å²) < 4.78 is 13.1. The smallest absolute Gasteiger partial charge is 0.321 e.